The van der Waals surface area contributed by atoms with Gasteiger partial charge in [0.25, 0.3) is 0 Å². The predicted octanol–water partition coefficient (Wildman–Crippen LogP) is 1.88. The Kier molecular flexibility index (Phi) is 4.97. The lowest BCUT2D eigenvalue weighted by atomic mass is 10.1. The second kappa shape index (κ2) is 6.25. The van der Waals surface area contributed by atoms with Crippen molar-refractivity contribution in [3.8, 4) is 5.75 Å². The average Bonchev–Trinajstić information content (AvgIpc) is 2.23. The van der Waals surface area contributed by atoms with E-state index in [1.807, 2.05) is 13.8 Å². The summed E-state index contributed by atoms with van der Waals surface area (Å²) in [5.41, 5.74) is 3.34. The summed E-state index contributed by atoms with van der Waals surface area (Å²) in [5, 5.41) is 11.6. The molecule has 0 aliphatic heterocycles. The van der Waals surface area contributed by atoms with Crippen LogP contribution in [0.4, 0.5) is 0 Å². The molecule has 0 aliphatic carbocycles. The van der Waals surface area contributed by atoms with E-state index in [2.05, 4.69) is 17.4 Å². The van der Waals surface area contributed by atoms with Gasteiger partial charge in [0.05, 0.1) is 13.5 Å². The fourth-order valence-corrected chi connectivity index (χ4v) is 1.88. The molecule has 0 spiro atoms. The Hall–Kier alpha value is -1.55. The minimum atomic E-state index is -0.787. The summed E-state index contributed by atoms with van der Waals surface area (Å²) in [4.78, 5) is 10.4. The van der Waals surface area contributed by atoms with E-state index in [9.17, 15) is 4.79 Å². The Bertz CT molecular complexity index is 402. The quantitative estimate of drug-likeness (QED) is 0.742. The number of carboxylic acid groups (broad SMARTS) is 1. The van der Waals surface area contributed by atoms with Crippen LogP contribution in [0.25, 0.3) is 0 Å². The minimum absolute atomic E-state index is 0.132. The number of methoxy groups -OCH3 is 1. The van der Waals surface area contributed by atoms with Gasteiger partial charge in [-0.25, -0.2) is 0 Å². The van der Waals surface area contributed by atoms with Crippen LogP contribution in [0.15, 0.2) is 12.1 Å². The zero-order valence-corrected chi connectivity index (χ0v) is 10.5. The lowest BCUT2D eigenvalue weighted by Crippen LogP contribution is -2.18. The van der Waals surface area contributed by atoms with Crippen molar-refractivity contribution in [2.45, 2.75) is 26.8 Å². The van der Waals surface area contributed by atoms with Gasteiger partial charge in [0.2, 0.25) is 0 Å². The van der Waals surface area contributed by atoms with Gasteiger partial charge in [-0.15, -0.1) is 0 Å². The minimum Gasteiger partial charge on any atom is -0.496 e. The van der Waals surface area contributed by atoms with Crippen LogP contribution in [0.2, 0.25) is 0 Å². The molecule has 0 unspecified atom stereocenters. The number of nitrogens with one attached hydrogen (secondary N) is 1. The first-order valence-electron chi connectivity index (χ1n) is 5.61. The molecule has 94 valence electrons. The number of hydrogen-bond donors (Lipinski definition) is 2. The van der Waals surface area contributed by atoms with Gasteiger partial charge in [-0.1, -0.05) is 17.7 Å². The first kappa shape index (κ1) is 13.5. The van der Waals surface area contributed by atoms with E-state index in [1.54, 1.807) is 7.11 Å². The Balaban J connectivity index is 2.66. The van der Waals surface area contributed by atoms with Gasteiger partial charge in [-0.05, 0) is 19.4 Å². The molecule has 2 N–H and O–H groups in total. The molecule has 0 saturated carbocycles. The monoisotopic (exact) mass is 237 g/mol. The van der Waals surface area contributed by atoms with Gasteiger partial charge in [-0.3, -0.25) is 4.79 Å². The molecular weight excluding hydrogens is 218 g/mol. The van der Waals surface area contributed by atoms with Crippen LogP contribution in [-0.2, 0) is 11.3 Å². The van der Waals surface area contributed by atoms with Gasteiger partial charge in [-0.2, -0.15) is 0 Å². The fraction of sp³-hybridized carbons (Fsp3) is 0.462. The first-order valence-corrected chi connectivity index (χ1v) is 5.61. The topological polar surface area (TPSA) is 58.6 Å². The summed E-state index contributed by atoms with van der Waals surface area (Å²) in [6.45, 7) is 5.13. The number of carbonyl (C=O) groups is 1. The highest BCUT2D eigenvalue weighted by molar-refractivity contribution is 5.66. The van der Waals surface area contributed by atoms with E-state index in [0.29, 0.717) is 13.1 Å². The van der Waals surface area contributed by atoms with Gasteiger partial charge in [0.15, 0.2) is 0 Å². The highest BCUT2D eigenvalue weighted by atomic mass is 16.5. The summed E-state index contributed by atoms with van der Waals surface area (Å²) >= 11 is 0. The highest BCUT2D eigenvalue weighted by Crippen LogP contribution is 2.24. The number of benzene rings is 1. The zero-order valence-electron chi connectivity index (χ0n) is 10.5. The largest absolute Gasteiger partial charge is 0.496 e. The van der Waals surface area contributed by atoms with E-state index in [0.717, 1.165) is 16.9 Å². The van der Waals surface area contributed by atoms with Crippen LogP contribution in [0, 0.1) is 13.8 Å². The van der Waals surface area contributed by atoms with Crippen LogP contribution < -0.4 is 10.1 Å². The molecule has 4 nitrogen and oxygen atoms in total. The Morgan fingerprint density at radius 2 is 2.12 bits per heavy atom. The van der Waals surface area contributed by atoms with Crippen LogP contribution >= 0.6 is 0 Å². The van der Waals surface area contributed by atoms with Gasteiger partial charge < -0.3 is 15.2 Å². The molecule has 1 aromatic carbocycles. The van der Waals surface area contributed by atoms with Crippen molar-refractivity contribution in [1.82, 2.24) is 5.32 Å². The Labute approximate surface area is 102 Å². The van der Waals surface area contributed by atoms with Crippen LogP contribution in [0.5, 0.6) is 5.75 Å². The second-order valence-corrected chi connectivity index (χ2v) is 4.09. The summed E-state index contributed by atoms with van der Waals surface area (Å²) in [5.74, 6) is 0.0864. The maximum atomic E-state index is 10.4. The maximum Gasteiger partial charge on any atom is 0.304 e. The summed E-state index contributed by atoms with van der Waals surface area (Å²) in [6.07, 6.45) is 0.132. The van der Waals surface area contributed by atoms with Crippen molar-refractivity contribution in [2.75, 3.05) is 13.7 Å². The van der Waals surface area contributed by atoms with Crippen molar-refractivity contribution >= 4 is 5.97 Å². The van der Waals surface area contributed by atoms with E-state index >= 15 is 0 Å². The van der Waals surface area contributed by atoms with Crippen molar-refractivity contribution in [3.05, 3.63) is 28.8 Å². The van der Waals surface area contributed by atoms with E-state index in [1.165, 1.54) is 5.56 Å². The van der Waals surface area contributed by atoms with Crippen LogP contribution in [0.1, 0.15) is 23.1 Å². The predicted molar refractivity (Wildman–Crippen MR) is 66.4 cm³/mol. The maximum absolute atomic E-state index is 10.4. The molecule has 0 saturated heterocycles. The van der Waals surface area contributed by atoms with Crippen LogP contribution in [-0.4, -0.2) is 24.7 Å². The van der Waals surface area contributed by atoms with E-state index in [4.69, 9.17) is 9.84 Å². The van der Waals surface area contributed by atoms with Gasteiger partial charge in [0, 0.05) is 18.7 Å². The Morgan fingerprint density at radius 1 is 1.41 bits per heavy atom. The van der Waals surface area contributed by atoms with Gasteiger partial charge >= 0.3 is 5.97 Å². The summed E-state index contributed by atoms with van der Waals surface area (Å²) in [7, 11) is 1.65. The number of carboxylic acids is 1. The SMILES string of the molecule is COc1c(C)cc(C)cc1CNCCC(=O)O. The third-order valence-corrected chi connectivity index (χ3v) is 2.53. The molecule has 0 radical (unpaired) electrons. The number of rotatable bonds is 6. The molecule has 1 rings (SSSR count). The summed E-state index contributed by atoms with van der Waals surface area (Å²) < 4.78 is 5.35. The molecule has 1 aromatic rings. The molecule has 17 heavy (non-hydrogen) atoms. The van der Waals surface area contributed by atoms with E-state index in [-0.39, 0.29) is 6.42 Å². The third kappa shape index (κ3) is 4.07. The van der Waals surface area contributed by atoms with Crippen molar-refractivity contribution in [2.24, 2.45) is 0 Å². The van der Waals surface area contributed by atoms with Crippen molar-refractivity contribution < 1.29 is 14.6 Å². The zero-order chi connectivity index (χ0) is 12.8. The third-order valence-electron chi connectivity index (χ3n) is 2.53. The molecule has 0 atom stereocenters. The van der Waals surface area contributed by atoms with Gasteiger partial charge in [0.1, 0.15) is 5.75 Å². The van der Waals surface area contributed by atoms with E-state index < -0.39 is 5.97 Å². The highest BCUT2D eigenvalue weighted by Gasteiger charge is 2.07. The fourth-order valence-electron chi connectivity index (χ4n) is 1.88. The normalized spacial score (nSPS) is 10.3. The molecular formula is C13H19NO3. The van der Waals surface area contributed by atoms with Crippen molar-refractivity contribution in [1.29, 1.82) is 0 Å². The molecule has 0 bridgehead atoms. The lowest BCUT2D eigenvalue weighted by molar-refractivity contribution is -0.136. The van der Waals surface area contributed by atoms with Crippen LogP contribution in [0.3, 0.4) is 0 Å². The first-order chi connectivity index (χ1) is 8.04. The van der Waals surface area contributed by atoms with Crippen molar-refractivity contribution in [3.63, 3.8) is 0 Å². The number of hydrogen-bond acceptors (Lipinski definition) is 3. The number of aliphatic carboxylic acids is 1. The standard InChI is InChI=1S/C13H19NO3/c1-9-6-10(2)13(17-3)11(7-9)8-14-5-4-12(15)16/h6-7,14H,4-5,8H2,1-3H3,(H,15,16). The molecule has 0 heterocycles. The summed E-state index contributed by atoms with van der Waals surface area (Å²) in [6, 6.07) is 4.12. The molecule has 0 aliphatic rings. The number of ether oxygens (including phenoxy) is 1. The molecule has 4 heteroatoms. The smallest absolute Gasteiger partial charge is 0.304 e. The average molecular weight is 237 g/mol. The second-order valence-electron chi connectivity index (χ2n) is 4.09. The molecule has 0 amide bonds. The Morgan fingerprint density at radius 3 is 2.71 bits per heavy atom. The molecule has 0 aromatic heterocycles. The lowest BCUT2D eigenvalue weighted by Gasteiger charge is -2.13. The molecule has 0 fully saturated rings. The number of aryl methyl sites for hydroxylation is 2.